The lowest BCUT2D eigenvalue weighted by molar-refractivity contribution is -0.219. The minimum absolute atomic E-state index is 0.0122. The molecule has 4 heterocycles. The fraction of sp³-hybridized carbons (Fsp3) is 0.836. The van der Waals surface area contributed by atoms with Crippen LogP contribution in [0.2, 0.25) is 0 Å². The summed E-state index contributed by atoms with van der Waals surface area (Å²) in [6.07, 6.45) is -20.5. The van der Waals surface area contributed by atoms with Crippen molar-refractivity contribution in [2.45, 2.75) is 261 Å². The zero-order valence-electron chi connectivity index (χ0n) is 64.4. The van der Waals surface area contributed by atoms with Crippen molar-refractivity contribution >= 4 is 70.9 Å². The van der Waals surface area contributed by atoms with Crippen LogP contribution in [-0.4, -0.2) is 294 Å². The molecule has 4 saturated heterocycles. The molecule has 0 aromatic carbocycles. The number of likely N-dealkylation sites (N-methyl/N-ethyl adjacent to an activating group) is 6. The summed E-state index contributed by atoms with van der Waals surface area (Å²) in [4.78, 5) is 189. The summed E-state index contributed by atoms with van der Waals surface area (Å²) in [5.41, 5.74) is -1.96. The lowest BCUT2D eigenvalue weighted by atomic mass is 9.76. The SMILES string of the molecule is CC[C@H](C)[C@@H]1NC(=O)[C@H](CC(C)C)N(C)C(=O)C[C@@H](C(=O)N2CCOCC2)N(C)C(=O)[C@H]([C@@H](C)CC)N(C)C(=O)C2(CCCC2)NC(=O)[C@@H]2CC(F)(F)CN2C(=O)[C@H](CCC2CC(F)C(C(F)(F)F)C(F)C2)NC(=O)CN(C)C(=O)[C@H](CC2CCC(C(F)(F)F)CC2)N(C)C(=O)[C@@H]2CCN2C(=O)[C@H](C)N(C)C1=O. The highest BCUT2D eigenvalue weighted by Gasteiger charge is 2.57. The number of ether oxygens (including phenoxy) is 1. The predicted octanol–water partition coefficient (Wildman–Crippen LogP) is 6.04. The first-order chi connectivity index (χ1) is 50.3. The van der Waals surface area contributed by atoms with Crippen LogP contribution in [0.15, 0.2) is 0 Å². The second-order valence-corrected chi connectivity index (χ2v) is 31.9. The predicted molar refractivity (Wildman–Crippen MR) is 372 cm³/mol. The fourth-order valence-corrected chi connectivity index (χ4v) is 16.6. The number of fused-ring (bicyclic) bond motifs is 2. The van der Waals surface area contributed by atoms with Crippen LogP contribution >= 0.6 is 0 Å². The molecule has 612 valence electrons. The molecule has 0 radical (unpaired) electrons. The van der Waals surface area contributed by atoms with E-state index < -0.39 is 249 Å². The Morgan fingerprint density at radius 1 is 0.611 bits per heavy atom. The summed E-state index contributed by atoms with van der Waals surface area (Å²) in [6.45, 7) is 9.56. The Labute approximate surface area is 625 Å². The average molecular weight is 1560 g/mol. The molecule has 108 heavy (non-hydrogen) atoms. The van der Waals surface area contributed by atoms with Crippen LogP contribution in [0, 0.1) is 41.4 Å². The van der Waals surface area contributed by atoms with Crippen molar-refractivity contribution in [2.24, 2.45) is 41.4 Å². The zero-order valence-corrected chi connectivity index (χ0v) is 64.4. The van der Waals surface area contributed by atoms with Gasteiger partial charge in [-0.1, -0.05) is 67.2 Å². The van der Waals surface area contributed by atoms with E-state index in [-0.39, 0.29) is 116 Å². The second-order valence-electron chi connectivity index (χ2n) is 31.9. The molecule has 1 spiro atoms. The number of hydrogen-bond donors (Lipinski definition) is 3. The molecule has 7 fully saturated rings. The van der Waals surface area contributed by atoms with Crippen molar-refractivity contribution in [2.75, 3.05) is 88.2 Å². The minimum Gasteiger partial charge on any atom is -0.378 e. The van der Waals surface area contributed by atoms with Crippen LogP contribution in [0.5, 0.6) is 0 Å². The molecule has 3 saturated carbocycles. The van der Waals surface area contributed by atoms with Gasteiger partial charge in [0.05, 0.1) is 38.6 Å². The number of halogens is 10. The van der Waals surface area contributed by atoms with Crippen LogP contribution in [-0.2, 0) is 62.3 Å². The van der Waals surface area contributed by atoms with Gasteiger partial charge in [0.15, 0.2) is 0 Å². The van der Waals surface area contributed by atoms with Gasteiger partial charge in [0.2, 0.25) is 70.9 Å². The lowest BCUT2D eigenvalue weighted by Crippen LogP contribution is -2.65. The summed E-state index contributed by atoms with van der Waals surface area (Å²) >= 11 is 0. The quantitative estimate of drug-likeness (QED) is 0.188. The molecule has 13 atom stereocenters. The molecular weight excluding hydrogens is 1440 g/mol. The van der Waals surface area contributed by atoms with Crippen molar-refractivity contribution in [3.8, 4) is 0 Å². The number of carbonyl (C=O) groups is 12. The molecule has 7 aliphatic rings. The number of rotatable bonds is 12. The first-order valence-corrected chi connectivity index (χ1v) is 38.1. The third kappa shape index (κ3) is 20.5. The third-order valence-corrected chi connectivity index (χ3v) is 24.1. The van der Waals surface area contributed by atoms with Crippen molar-refractivity contribution in [1.82, 2.24) is 60.0 Å². The molecule has 0 aromatic rings. The van der Waals surface area contributed by atoms with Gasteiger partial charge in [0, 0.05) is 68.3 Å². The number of alkyl halides is 10. The zero-order chi connectivity index (χ0) is 80.7. The van der Waals surface area contributed by atoms with E-state index in [4.69, 9.17) is 4.74 Å². The van der Waals surface area contributed by atoms with Crippen LogP contribution < -0.4 is 16.0 Å². The molecule has 0 bridgehead atoms. The van der Waals surface area contributed by atoms with E-state index in [1.54, 1.807) is 41.5 Å². The molecule has 7 rings (SSSR count). The third-order valence-electron chi connectivity index (χ3n) is 24.1. The highest BCUT2D eigenvalue weighted by Crippen LogP contribution is 2.46. The Kier molecular flexibility index (Phi) is 29.7. The maximum Gasteiger partial charge on any atom is 0.397 e. The van der Waals surface area contributed by atoms with E-state index in [0.717, 1.165) is 36.4 Å². The Morgan fingerprint density at radius 2 is 1.20 bits per heavy atom. The Morgan fingerprint density at radius 3 is 1.74 bits per heavy atom. The van der Waals surface area contributed by atoms with Gasteiger partial charge >= 0.3 is 12.4 Å². The summed E-state index contributed by atoms with van der Waals surface area (Å²) in [5.74, 6) is -23.2. The molecule has 4 aliphatic heterocycles. The summed E-state index contributed by atoms with van der Waals surface area (Å²) < 4.78 is 152. The molecule has 25 nitrogen and oxygen atoms in total. The van der Waals surface area contributed by atoms with Crippen LogP contribution in [0.25, 0.3) is 0 Å². The first kappa shape index (κ1) is 88.1. The molecule has 12 amide bonds. The van der Waals surface area contributed by atoms with Gasteiger partial charge in [-0.05, 0) is 120 Å². The van der Waals surface area contributed by atoms with E-state index in [1.165, 1.54) is 52.0 Å². The standard InChI is InChI=1S/C73H112F10N12O13/c1-14-41(5)58-67(105)88(9)43(7)62(100)94-27-24-50(94)65(103)90(11)52(35-44-18-21-46(22-19-44)72(78,79)80)64(102)87(8)38-55(96)84-49(23-20-45-33-47(74)57(48(75)34-45)73(81,82)83)63(101)95-39-71(76,77)37-54(95)61(99)86-70(25-16-17-26-70)69(107)92(13)59(42(6)15-2)68(106)91(12)53(66(104)93-28-30-108-31-29-93)36-56(97)89(10)51(32-40(3)4)60(98)85-58/h40-54,57-59H,14-39H2,1-13H3,(H,84,96)(H,85,98)(H,86,99)/t41-,42-,43-,44?,45?,46?,47?,48?,49-,50-,51-,52-,53-,54-,57?,58-,59-/m0/s1. The summed E-state index contributed by atoms with van der Waals surface area (Å²) in [7, 11) is 7.54. The van der Waals surface area contributed by atoms with Crippen molar-refractivity contribution in [1.29, 1.82) is 0 Å². The van der Waals surface area contributed by atoms with Gasteiger partial charge in [-0.15, -0.1) is 0 Å². The number of carbonyl (C=O) groups excluding carboxylic acids is 12. The Balaban J connectivity index is 1.32. The lowest BCUT2D eigenvalue weighted by Gasteiger charge is -2.45. The second kappa shape index (κ2) is 36.4. The normalized spacial score (nSPS) is 32.4. The fourth-order valence-electron chi connectivity index (χ4n) is 16.6. The average Bonchev–Trinajstić information content (AvgIpc) is 1.49. The minimum atomic E-state index is -5.28. The van der Waals surface area contributed by atoms with Gasteiger partial charge < -0.3 is 64.8 Å². The smallest absolute Gasteiger partial charge is 0.378 e. The van der Waals surface area contributed by atoms with Crippen LogP contribution in [0.1, 0.15) is 170 Å². The Bertz CT molecular complexity index is 3230. The van der Waals surface area contributed by atoms with Gasteiger partial charge in [-0.2, -0.15) is 26.3 Å². The van der Waals surface area contributed by atoms with Gasteiger partial charge in [-0.3, -0.25) is 57.5 Å². The van der Waals surface area contributed by atoms with E-state index in [9.17, 15) is 55.1 Å². The number of morpholine rings is 1. The summed E-state index contributed by atoms with van der Waals surface area (Å²) in [6, 6.07) is -14.1. The van der Waals surface area contributed by atoms with Crippen molar-refractivity contribution in [3.05, 3.63) is 0 Å². The first-order valence-electron chi connectivity index (χ1n) is 38.1. The van der Waals surface area contributed by atoms with E-state index in [2.05, 4.69) is 16.0 Å². The van der Waals surface area contributed by atoms with Gasteiger partial charge in [0.25, 0.3) is 5.92 Å². The highest BCUT2D eigenvalue weighted by atomic mass is 19.4. The van der Waals surface area contributed by atoms with Crippen molar-refractivity contribution < 1.29 is 106 Å². The molecule has 35 heteroatoms. The van der Waals surface area contributed by atoms with Crippen LogP contribution in [0.4, 0.5) is 43.9 Å². The number of nitrogens with zero attached hydrogens (tertiary/aromatic N) is 9. The molecule has 0 aromatic heterocycles. The Hall–Kier alpha value is -7.10. The molecule has 3 aliphatic carbocycles. The molecule has 2 unspecified atom stereocenters. The highest BCUT2D eigenvalue weighted by molar-refractivity contribution is 6.01. The molecule has 3 N–H and O–H groups in total. The topological polar surface area (TPSA) is 279 Å². The number of amides is 12. The van der Waals surface area contributed by atoms with E-state index in [1.807, 2.05) is 0 Å². The van der Waals surface area contributed by atoms with Crippen LogP contribution in [0.3, 0.4) is 0 Å². The summed E-state index contributed by atoms with van der Waals surface area (Å²) in [5, 5.41) is 7.89. The van der Waals surface area contributed by atoms with E-state index >= 15 is 46.3 Å². The van der Waals surface area contributed by atoms with Gasteiger partial charge in [0.1, 0.15) is 78.2 Å². The van der Waals surface area contributed by atoms with E-state index in [0.29, 0.717) is 11.3 Å². The number of nitrogens with one attached hydrogen (secondary N) is 3. The maximum atomic E-state index is 16.2. The number of hydrogen-bond acceptors (Lipinski definition) is 13. The molecular formula is C73H112F10N12O13. The van der Waals surface area contributed by atoms with Gasteiger partial charge in [-0.25, -0.2) is 17.6 Å². The monoisotopic (exact) mass is 1550 g/mol. The van der Waals surface area contributed by atoms with Crippen molar-refractivity contribution in [3.63, 3.8) is 0 Å². The largest absolute Gasteiger partial charge is 0.397 e. The maximum absolute atomic E-state index is 16.2.